The lowest BCUT2D eigenvalue weighted by atomic mass is 9.75. The molecule has 0 saturated carbocycles. The van der Waals surface area contributed by atoms with Crippen molar-refractivity contribution in [1.82, 2.24) is 0 Å². The molecular weight excluding hydrogens is 1090 g/mol. The average Bonchev–Trinajstić information content (AvgIpc) is 3.55. The summed E-state index contributed by atoms with van der Waals surface area (Å²) in [4.78, 5) is 43.8. The summed E-state index contributed by atoms with van der Waals surface area (Å²) in [7, 11) is 0. The van der Waals surface area contributed by atoms with E-state index in [0.29, 0.717) is 42.9 Å². The summed E-state index contributed by atoms with van der Waals surface area (Å²) in [5.74, 6) is -0.849. The van der Waals surface area contributed by atoms with Crippen LogP contribution in [0.1, 0.15) is 291 Å². The van der Waals surface area contributed by atoms with E-state index in [9.17, 15) is 29.7 Å². The van der Waals surface area contributed by atoms with Crippen LogP contribution in [-0.2, 0) is 46.9 Å². The molecule has 6 aromatic rings. The summed E-state index contributed by atoms with van der Waals surface area (Å²) in [6.45, 7) is 52.0. The predicted molar refractivity (Wildman–Crippen MR) is 361 cm³/mol. The Kier molecular flexibility index (Phi) is 21.0. The fraction of sp³-hybridized carbons (Fsp3) is 0.506. The summed E-state index contributed by atoms with van der Waals surface area (Å²) < 4.78 is 19.8. The molecule has 476 valence electrons. The summed E-state index contributed by atoms with van der Waals surface area (Å²) in [6, 6.07) is 29.5. The SMILES string of the molecule is CCC(C(=O)Oc1c(C)cc(C(C)CC(c2cc(C)c(OC(=O)C(CC)c3ccc(O)c(C(C)(C)C)c3)c(C(C)(C)C)c2)c2cc(C)c(OC(=O)C(CC)c3ccc(O)c(C(C)(C)C)c3)c(C(C)(C)C)c2)cc1C(C)(C)C)c1ccc(O)c(C(C)(C)C)c1. The van der Waals surface area contributed by atoms with Crippen LogP contribution < -0.4 is 14.2 Å². The Bertz CT molecular complexity index is 3380. The smallest absolute Gasteiger partial charge is 0.318 e. The first-order valence-corrected chi connectivity index (χ1v) is 32.0. The van der Waals surface area contributed by atoms with Gasteiger partial charge < -0.3 is 29.5 Å². The van der Waals surface area contributed by atoms with E-state index in [1.54, 1.807) is 18.2 Å². The van der Waals surface area contributed by atoms with E-state index in [-0.39, 0.29) is 63.2 Å². The van der Waals surface area contributed by atoms with Crippen LogP contribution in [0.2, 0.25) is 0 Å². The van der Waals surface area contributed by atoms with E-state index in [0.717, 1.165) is 83.5 Å². The van der Waals surface area contributed by atoms with Crippen LogP contribution >= 0.6 is 0 Å². The van der Waals surface area contributed by atoms with Gasteiger partial charge in [-0.2, -0.15) is 0 Å². The van der Waals surface area contributed by atoms with Gasteiger partial charge in [-0.05, 0) is 170 Å². The van der Waals surface area contributed by atoms with Crippen molar-refractivity contribution in [3.05, 3.63) is 174 Å². The fourth-order valence-electron chi connectivity index (χ4n) is 12.4. The van der Waals surface area contributed by atoms with Crippen LogP contribution in [0.15, 0.2) is 91.0 Å². The van der Waals surface area contributed by atoms with E-state index >= 15 is 0 Å². The molecule has 0 fully saturated rings. The molecule has 6 aromatic carbocycles. The van der Waals surface area contributed by atoms with Crippen molar-refractivity contribution in [2.24, 2.45) is 0 Å². The Hall–Kier alpha value is -6.87. The number of aryl methyl sites for hydroxylation is 3. The summed E-state index contributed by atoms with van der Waals surface area (Å²) in [5, 5.41) is 32.6. The van der Waals surface area contributed by atoms with E-state index in [2.05, 4.69) is 106 Å². The highest BCUT2D eigenvalue weighted by Crippen LogP contribution is 2.48. The Labute approximate surface area is 529 Å². The third-order valence-electron chi connectivity index (χ3n) is 17.7. The maximum Gasteiger partial charge on any atom is 0.318 e. The molecule has 9 nitrogen and oxygen atoms in total. The van der Waals surface area contributed by atoms with Gasteiger partial charge in [0.25, 0.3) is 0 Å². The Morgan fingerprint density at radius 1 is 0.352 bits per heavy atom. The molecule has 9 heteroatoms. The fourth-order valence-corrected chi connectivity index (χ4v) is 12.4. The minimum atomic E-state index is -0.575. The zero-order valence-electron chi connectivity index (χ0n) is 58.2. The maximum absolute atomic E-state index is 14.7. The van der Waals surface area contributed by atoms with Crippen LogP contribution in [0, 0.1) is 20.8 Å². The quantitative estimate of drug-likeness (QED) is 0.0601. The number of ether oxygens (including phenoxy) is 3. The van der Waals surface area contributed by atoms with Gasteiger partial charge in [0.1, 0.15) is 34.5 Å². The highest BCUT2D eigenvalue weighted by molar-refractivity contribution is 5.83. The second-order valence-electron chi connectivity index (χ2n) is 31.3. The van der Waals surface area contributed by atoms with Gasteiger partial charge in [0.2, 0.25) is 0 Å². The topological polar surface area (TPSA) is 140 Å². The Morgan fingerprint density at radius 3 is 0.818 bits per heavy atom. The van der Waals surface area contributed by atoms with E-state index < -0.39 is 34.0 Å². The van der Waals surface area contributed by atoms with E-state index in [1.807, 2.05) is 140 Å². The molecule has 0 heterocycles. The molecule has 0 amide bonds. The van der Waals surface area contributed by atoms with Gasteiger partial charge in [-0.1, -0.05) is 225 Å². The highest BCUT2D eigenvalue weighted by atomic mass is 16.5. The maximum atomic E-state index is 14.7. The number of phenols is 3. The van der Waals surface area contributed by atoms with Crippen molar-refractivity contribution in [3.63, 3.8) is 0 Å². The molecule has 0 radical (unpaired) electrons. The molecule has 3 N–H and O–H groups in total. The first-order valence-electron chi connectivity index (χ1n) is 32.0. The molecule has 6 rings (SSSR count). The second-order valence-corrected chi connectivity index (χ2v) is 31.3. The molecule has 0 aromatic heterocycles. The summed E-state index contributed by atoms with van der Waals surface area (Å²) in [5.41, 5.74) is 10.7. The van der Waals surface area contributed by atoms with Gasteiger partial charge in [-0.15, -0.1) is 0 Å². The summed E-state index contributed by atoms with van der Waals surface area (Å²) in [6.07, 6.45) is 2.16. The van der Waals surface area contributed by atoms with Crippen LogP contribution in [0.5, 0.6) is 34.5 Å². The van der Waals surface area contributed by atoms with Crippen LogP contribution in [0.3, 0.4) is 0 Å². The molecular formula is C79H106O9. The molecule has 0 saturated heterocycles. The van der Waals surface area contributed by atoms with Gasteiger partial charge in [0, 0.05) is 22.6 Å². The number of carbonyl (C=O) groups is 3. The zero-order chi connectivity index (χ0) is 66.3. The van der Waals surface area contributed by atoms with E-state index in [4.69, 9.17) is 14.2 Å². The van der Waals surface area contributed by atoms with Crippen molar-refractivity contribution >= 4 is 17.9 Å². The van der Waals surface area contributed by atoms with Gasteiger partial charge in [-0.3, -0.25) is 14.4 Å². The monoisotopic (exact) mass is 1200 g/mol. The van der Waals surface area contributed by atoms with Crippen LogP contribution in [0.4, 0.5) is 0 Å². The Morgan fingerprint density at radius 2 is 0.580 bits per heavy atom. The largest absolute Gasteiger partial charge is 0.508 e. The first kappa shape index (κ1) is 70.2. The van der Waals surface area contributed by atoms with Crippen LogP contribution in [0.25, 0.3) is 0 Å². The molecule has 0 bridgehead atoms. The number of phenolic OH excluding ortho intramolecular Hbond substituents is 3. The average molecular weight is 1200 g/mol. The molecule has 4 unspecified atom stereocenters. The lowest BCUT2D eigenvalue weighted by Crippen LogP contribution is -2.24. The van der Waals surface area contributed by atoms with Crippen molar-refractivity contribution in [2.45, 2.75) is 261 Å². The highest BCUT2D eigenvalue weighted by Gasteiger charge is 2.35. The first-order chi connectivity index (χ1) is 40.4. The Balaban J connectivity index is 1.52. The number of carbonyl (C=O) groups excluding carboxylic acids is 3. The van der Waals surface area contributed by atoms with Gasteiger partial charge >= 0.3 is 17.9 Å². The minimum Gasteiger partial charge on any atom is -0.508 e. The minimum absolute atomic E-state index is 0.0558. The number of hydrogen-bond donors (Lipinski definition) is 3. The van der Waals surface area contributed by atoms with Gasteiger partial charge in [0.15, 0.2) is 0 Å². The number of benzene rings is 6. The third-order valence-corrected chi connectivity index (χ3v) is 17.7. The van der Waals surface area contributed by atoms with Crippen molar-refractivity contribution < 1.29 is 43.9 Å². The number of hydrogen-bond acceptors (Lipinski definition) is 9. The van der Waals surface area contributed by atoms with Crippen molar-refractivity contribution in [3.8, 4) is 34.5 Å². The number of esters is 3. The standard InChI is InChI=1S/C79H106O9/c1-26-55(49-29-32-65(80)59(39-49)74(8,9)10)71(83)86-68-46(5)35-52(42-62(68)77(17,18)19)45(4)38-58(53-36-47(6)69(63(43-53)78(20,21)22)87-72(84)56(27-2)50-30-33-66(81)60(40-50)75(11,12)13)54-37-48(7)70(64(44-54)79(23,24)25)88-73(85)57(28-3)51-31-34-67(82)61(41-51)76(14,15)16/h29-37,39-45,55-58,80-82H,26-28,38H2,1-25H3. The van der Waals surface area contributed by atoms with Gasteiger partial charge in [0.05, 0.1) is 17.8 Å². The van der Waals surface area contributed by atoms with Crippen LogP contribution in [-0.4, -0.2) is 33.2 Å². The van der Waals surface area contributed by atoms with E-state index in [1.165, 1.54) is 0 Å². The normalized spacial score (nSPS) is 14.4. The lowest BCUT2D eigenvalue weighted by molar-refractivity contribution is -0.137. The third kappa shape index (κ3) is 15.9. The van der Waals surface area contributed by atoms with Crippen molar-refractivity contribution in [1.29, 1.82) is 0 Å². The summed E-state index contributed by atoms with van der Waals surface area (Å²) >= 11 is 0. The number of rotatable bonds is 17. The van der Waals surface area contributed by atoms with Crippen molar-refractivity contribution in [2.75, 3.05) is 0 Å². The zero-order valence-corrected chi connectivity index (χ0v) is 58.2. The second kappa shape index (κ2) is 26.3. The molecule has 0 aliphatic heterocycles. The molecule has 4 atom stereocenters. The molecule has 88 heavy (non-hydrogen) atoms. The molecule has 0 spiro atoms. The van der Waals surface area contributed by atoms with Gasteiger partial charge in [-0.25, -0.2) is 0 Å². The number of aromatic hydroxyl groups is 3. The lowest BCUT2D eigenvalue weighted by Gasteiger charge is -2.31. The molecule has 0 aliphatic carbocycles. The molecule has 0 aliphatic rings. The predicted octanol–water partition coefficient (Wildman–Crippen LogP) is 20.1.